The Labute approximate surface area is 110 Å². The van der Waals surface area contributed by atoms with Crippen LogP contribution in [0.25, 0.3) is 17.1 Å². The van der Waals surface area contributed by atoms with Crippen LogP contribution in [0.2, 0.25) is 0 Å². The highest BCUT2D eigenvalue weighted by molar-refractivity contribution is 5.85. The molecule has 19 heavy (non-hydrogen) atoms. The van der Waals surface area contributed by atoms with Crippen LogP contribution in [-0.4, -0.2) is 26.7 Å². The normalized spacial score (nSPS) is 11.2. The molecule has 0 unspecified atom stereocenters. The minimum absolute atomic E-state index is 0.698. The fraction of sp³-hybridized carbons (Fsp3) is 0.0714. The molecular formula is C14H13N5. The summed E-state index contributed by atoms with van der Waals surface area (Å²) in [5.74, 6) is 0.772. The number of anilines is 1. The van der Waals surface area contributed by atoms with Crippen LogP contribution in [0.4, 0.5) is 5.82 Å². The topological polar surface area (TPSA) is 66.5 Å². The molecule has 0 radical (unpaired) electrons. The second-order valence-corrected chi connectivity index (χ2v) is 4.05. The van der Waals surface area contributed by atoms with Crippen LogP contribution in [-0.2, 0) is 0 Å². The van der Waals surface area contributed by atoms with Crippen molar-refractivity contribution >= 4 is 22.9 Å². The SMILES string of the molecule is C(=Cc1ccccc1)CNc1n[nH]c2ncncc12. The number of nitrogens with zero attached hydrogens (tertiary/aromatic N) is 3. The Morgan fingerprint density at radius 1 is 1.21 bits per heavy atom. The Morgan fingerprint density at radius 2 is 2.11 bits per heavy atom. The zero-order chi connectivity index (χ0) is 12.9. The number of hydrogen-bond acceptors (Lipinski definition) is 4. The van der Waals surface area contributed by atoms with Crippen molar-refractivity contribution in [3.8, 4) is 0 Å². The molecule has 0 spiro atoms. The van der Waals surface area contributed by atoms with Gasteiger partial charge in [0.1, 0.15) is 6.33 Å². The Kier molecular flexibility index (Phi) is 3.18. The van der Waals surface area contributed by atoms with E-state index in [1.165, 1.54) is 11.9 Å². The molecule has 2 aromatic heterocycles. The maximum atomic E-state index is 4.17. The summed E-state index contributed by atoms with van der Waals surface area (Å²) in [6, 6.07) is 10.2. The average molecular weight is 251 g/mol. The highest BCUT2D eigenvalue weighted by atomic mass is 15.2. The van der Waals surface area contributed by atoms with E-state index < -0.39 is 0 Å². The van der Waals surface area contributed by atoms with Gasteiger partial charge in [0.25, 0.3) is 0 Å². The van der Waals surface area contributed by atoms with Crippen molar-refractivity contribution in [1.82, 2.24) is 20.2 Å². The fourth-order valence-corrected chi connectivity index (χ4v) is 1.81. The van der Waals surface area contributed by atoms with Crippen LogP contribution in [0, 0.1) is 0 Å². The number of hydrogen-bond donors (Lipinski definition) is 2. The zero-order valence-electron chi connectivity index (χ0n) is 10.2. The van der Waals surface area contributed by atoms with Crippen LogP contribution >= 0.6 is 0 Å². The van der Waals surface area contributed by atoms with Gasteiger partial charge < -0.3 is 5.32 Å². The molecule has 0 aliphatic heterocycles. The second kappa shape index (κ2) is 5.30. The quantitative estimate of drug-likeness (QED) is 0.747. The molecule has 0 atom stereocenters. The van der Waals surface area contributed by atoms with Gasteiger partial charge in [-0.2, -0.15) is 5.10 Å². The number of fused-ring (bicyclic) bond motifs is 1. The number of H-pyrrole nitrogens is 1. The van der Waals surface area contributed by atoms with Crippen LogP contribution < -0.4 is 5.32 Å². The summed E-state index contributed by atoms with van der Waals surface area (Å²) in [7, 11) is 0. The Bertz CT molecular complexity index is 687. The molecule has 94 valence electrons. The highest BCUT2D eigenvalue weighted by Crippen LogP contribution is 2.16. The Hall–Kier alpha value is -2.69. The van der Waals surface area contributed by atoms with Crippen molar-refractivity contribution in [2.45, 2.75) is 0 Å². The molecule has 0 fully saturated rings. The zero-order valence-corrected chi connectivity index (χ0v) is 10.2. The van der Waals surface area contributed by atoms with Crippen molar-refractivity contribution in [1.29, 1.82) is 0 Å². The third-order valence-electron chi connectivity index (χ3n) is 2.74. The van der Waals surface area contributed by atoms with Crippen molar-refractivity contribution in [3.63, 3.8) is 0 Å². The first-order valence-electron chi connectivity index (χ1n) is 6.03. The van der Waals surface area contributed by atoms with E-state index in [1.54, 1.807) is 6.20 Å². The van der Waals surface area contributed by atoms with Gasteiger partial charge in [0, 0.05) is 12.7 Å². The minimum Gasteiger partial charge on any atom is -0.365 e. The van der Waals surface area contributed by atoms with Crippen molar-refractivity contribution in [2.24, 2.45) is 0 Å². The summed E-state index contributed by atoms with van der Waals surface area (Å²) in [5, 5.41) is 11.2. The number of rotatable bonds is 4. The molecule has 2 heterocycles. The minimum atomic E-state index is 0.698. The lowest BCUT2D eigenvalue weighted by Crippen LogP contribution is -1.98. The highest BCUT2D eigenvalue weighted by Gasteiger charge is 2.03. The van der Waals surface area contributed by atoms with E-state index in [1.807, 2.05) is 18.2 Å². The molecule has 0 saturated heterocycles. The molecule has 5 nitrogen and oxygen atoms in total. The van der Waals surface area contributed by atoms with E-state index in [-0.39, 0.29) is 0 Å². The second-order valence-electron chi connectivity index (χ2n) is 4.05. The summed E-state index contributed by atoms with van der Waals surface area (Å²) in [4.78, 5) is 8.08. The van der Waals surface area contributed by atoms with Crippen LogP contribution in [0.5, 0.6) is 0 Å². The molecule has 2 N–H and O–H groups in total. The molecule has 0 saturated carbocycles. The molecule has 5 heteroatoms. The lowest BCUT2D eigenvalue weighted by atomic mass is 10.2. The van der Waals surface area contributed by atoms with Gasteiger partial charge in [0.2, 0.25) is 0 Å². The predicted octanol–water partition coefficient (Wildman–Crippen LogP) is 2.48. The molecule has 0 aliphatic rings. The lowest BCUT2D eigenvalue weighted by molar-refractivity contribution is 1.08. The number of nitrogens with one attached hydrogen (secondary N) is 2. The molecule has 0 aliphatic carbocycles. The van der Waals surface area contributed by atoms with Crippen molar-refractivity contribution in [2.75, 3.05) is 11.9 Å². The van der Waals surface area contributed by atoms with Gasteiger partial charge in [0.15, 0.2) is 11.5 Å². The van der Waals surface area contributed by atoms with E-state index in [0.717, 1.165) is 16.9 Å². The van der Waals surface area contributed by atoms with Gasteiger partial charge in [-0.1, -0.05) is 42.5 Å². The maximum Gasteiger partial charge on any atom is 0.160 e. The summed E-state index contributed by atoms with van der Waals surface area (Å²) < 4.78 is 0. The third-order valence-corrected chi connectivity index (χ3v) is 2.74. The largest absolute Gasteiger partial charge is 0.365 e. The molecule has 0 bridgehead atoms. The smallest absolute Gasteiger partial charge is 0.160 e. The first kappa shape index (κ1) is 11.4. The van der Waals surface area contributed by atoms with E-state index in [9.17, 15) is 0 Å². The van der Waals surface area contributed by atoms with Crippen LogP contribution in [0.3, 0.4) is 0 Å². The molecule has 1 aromatic carbocycles. The third kappa shape index (κ3) is 2.60. The first-order valence-corrected chi connectivity index (χ1v) is 6.03. The number of benzene rings is 1. The van der Waals surface area contributed by atoms with Crippen LogP contribution in [0.1, 0.15) is 5.56 Å². The summed E-state index contributed by atoms with van der Waals surface area (Å²) in [6.07, 6.45) is 7.37. The Balaban J connectivity index is 1.65. The molecule has 0 amide bonds. The van der Waals surface area contributed by atoms with Gasteiger partial charge in [0.05, 0.1) is 5.39 Å². The van der Waals surface area contributed by atoms with Crippen molar-refractivity contribution < 1.29 is 0 Å². The van der Waals surface area contributed by atoms with E-state index in [2.05, 4.69) is 49.8 Å². The molecule has 3 rings (SSSR count). The molecular weight excluding hydrogens is 238 g/mol. The van der Waals surface area contributed by atoms with Gasteiger partial charge in [-0.25, -0.2) is 9.97 Å². The van der Waals surface area contributed by atoms with Gasteiger partial charge >= 0.3 is 0 Å². The predicted molar refractivity (Wildman–Crippen MR) is 75.6 cm³/mol. The standard InChI is InChI=1S/C14H13N5/c1-2-5-11(6-3-1)7-4-8-16-13-12-9-15-10-17-14(12)19-18-13/h1-7,9-10H,8H2,(H2,15,16,17,18,19). The van der Waals surface area contributed by atoms with Gasteiger partial charge in [-0.15, -0.1) is 0 Å². The van der Waals surface area contributed by atoms with Crippen LogP contribution in [0.15, 0.2) is 48.9 Å². The van der Waals surface area contributed by atoms with Gasteiger partial charge in [-0.3, -0.25) is 5.10 Å². The number of aromatic amines is 1. The summed E-state index contributed by atoms with van der Waals surface area (Å²) >= 11 is 0. The van der Waals surface area contributed by atoms with E-state index >= 15 is 0 Å². The summed E-state index contributed by atoms with van der Waals surface area (Å²) in [5.41, 5.74) is 1.92. The summed E-state index contributed by atoms with van der Waals surface area (Å²) in [6.45, 7) is 0.698. The maximum absolute atomic E-state index is 4.17. The van der Waals surface area contributed by atoms with E-state index in [0.29, 0.717) is 6.54 Å². The first-order chi connectivity index (χ1) is 9.43. The molecule has 3 aromatic rings. The monoisotopic (exact) mass is 251 g/mol. The average Bonchev–Trinajstić information content (AvgIpc) is 2.88. The fourth-order valence-electron chi connectivity index (χ4n) is 1.81. The van der Waals surface area contributed by atoms with Gasteiger partial charge in [-0.05, 0) is 5.56 Å². The van der Waals surface area contributed by atoms with Crippen molar-refractivity contribution in [3.05, 3.63) is 54.5 Å². The number of aromatic nitrogens is 4. The lowest BCUT2D eigenvalue weighted by Gasteiger charge is -1.98. The Morgan fingerprint density at radius 3 is 3.00 bits per heavy atom. The van der Waals surface area contributed by atoms with E-state index in [4.69, 9.17) is 0 Å².